The Hall–Kier alpha value is -2.32. The van der Waals surface area contributed by atoms with Crippen LogP contribution < -0.4 is 5.32 Å². The van der Waals surface area contributed by atoms with E-state index < -0.39 is 24.1 Å². The van der Waals surface area contributed by atoms with Crippen LogP contribution in [0.4, 0.5) is 4.79 Å². The highest BCUT2D eigenvalue weighted by Gasteiger charge is 2.35. The highest BCUT2D eigenvalue weighted by atomic mass is 35.5. The lowest BCUT2D eigenvalue weighted by Gasteiger charge is -2.39. The van der Waals surface area contributed by atoms with Crippen molar-refractivity contribution in [3.05, 3.63) is 34.9 Å². The van der Waals surface area contributed by atoms with Crippen molar-refractivity contribution in [1.29, 1.82) is 0 Å². The summed E-state index contributed by atoms with van der Waals surface area (Å²) in [7, 11) is 2.62. The summed E-state index contributed by atoms with van der Waals surface area (Å²) in [5.74, 6) is -0.324. The van der Waals surface area contributed by atoms with E-state index in [1.165, 1.54) is 14.2 Å². The largest absolute Gasteiger partial charge is 0.468 e. The van der Waals surface area contributed by atoms with Crippen LogP contribution in [0.3, 0.4) is 0 Å². The quantitative estimate of drug-likeness (QED) is 0.656. The number of carbonyl (C=O) groups is 3. The van der Waals surface area contributed by atoms with Crippen LogP contribution >= 0.6 is 11.6 Å². The van der Waals surface area contributed by atoms with E-state index >= 15 is 0 Å². The van der Waals surface area contributed by atoms with Crippen molar-refractivity contribution in [2.75, 3.05) is 40.4 Å². The number of nitrogens with one attached hydrogen (secondary N) is 1. The molecule has 2 rings (SSSR count). The van der Waals surface area contributed by atoms with Gasteiger partial charge in [0.1, 0.15) is 12.1 Å². The van der Waals surface area contributed by atoms with Gasteiger partial charge in [-0.3, -0.25) is 9.69 Å². The number of nitrogens with zero attached hydrogens (tertiary/aromatic N) is 2. The summed E-state index contributed by atoms with van der Waals surface area (Å²) < 4.78 is 9.66. The molecule has 8 nitrogen and oxygen atoms in total. The van der Waals surface area contributed by atoms with Gasteiger partial charge in [-0.2, -0.15) is 0 Å². The zero-order chi connectivity index (χ0) is 22.3. The molecule has 1 aromatic carbocycles. The summed E-state index contributed by atoms with van der Waals surface area (Å²) >= 11 is 6.32. The number of piperazine rings is 1. The Kier molecular flexibility index (Phi) is 8.92. The first-order chi connectivity index (χ1) is 14.3. The molecule has 0 saturated carbocycles. The fourth-order valence-corrected chi connectivity index (χ4v) is 3.84. The molecule has 0 spiro atoms. The van der Waals surface area contributed by atoms with Crippen molar-refractivity contribution in [2.45, 2.75) is 32.4 Å². The van der Waals surface area contributed by atoms with Gasteiger partial charge >= 0.3 is 12.1 Å². The summed E-state index contributed by atoms with van der Waals surface area (Å²) in [6.07, 6.45) is -0.115. The van der Waals surface area contributed by atoms with E-state index in [0.29, 0.717) is 43.2 Å². The number of hydrogen-bond donors (Lipinski definition) is 1. The third kappa shape index (κ3) is 6.09. The van der Waals surface area contributed by atoms with Crippen molar-refractivity contribution in [3.63, 3.8) is 0 Å². The predicted molar refractivity (Wildman–Crippen MR) is 113 cm³/mol. The predicted octanol–water partition coefficient (Wildman–Crippen LogP) is 2.47. The van der Waals surface area contributed by atoms with Crippen molar-refractivity contribution < 1.29 is 23.9 Å². The van der Waals surface area contributed by atoms with Gasteiger partial charge < -0.3 is 19.7 Å². The lowest BCUT2D eigenvalue weighted by molar-refractivity contribution is -0.148. The van der Waals surface area contributed by atoms with E-state index in [1.54, 1.807) is 23.1 Å². The normalized spacial score (nSPS) is 16.7. The van der Waals surface area contributed by atoms with Gasteiger partial charge in [-0.15, -0.1) is 0 Å². The van der Waals surface area contributed by atoms with Gasteiger partial charge in [-0.1, -0.05) is 43.6 Å². The van der Waals surface area contributed by atoms with Crippen LogP contribution in [-0.4, -0.2) is 74.2 Å². The van der Waals surface area contributed by atoms with Crippen molar-refractivity contribution in [3.8, 4) is 0 Å². The van der Waals surface area contributed by atoms with E-state index in [2.05, 4.69) is 10.1 Å². The molecule has 30 heavy (non-hydrogen) atoms. The van der Waals surface area contributed by atoms with E-state index in [0.717, 1.165) is 0 Å². The van der Waals surface area contributed by atoms with Crippen LogP contribution in [0.15, 0.2) is 24.3 Å². The lowest BCUT2D eigenvalue weighted by Crippen LogP contribution is -2.56. The van der Waals surface area contributed by atoms with Crippen molar-refractivity contribution in [2.24, 2.45) is 5.92 Å². The van der Waals surface area contributed by atoms with Gasteiger partial charge in [0.25, 0.3) is 0 Å². The SMILES string of the molecule is COC(=O)NC(CC(C)C)C(=O)N1CCN(C(C(=O)OC)c2ccccc2Cl)CC1. The highest BCUT2D eigenvalue weighted by Crippen LogP contribution is 2.29. The van der Waals surface area contributed by atoms with Crippen LogP contribution in [0.25, 0.3) is 0 Å². The first-order valence-electron chi connectivity index (χ1n) is 9.98. The second kappa shape index (κ2) is 11.2. The van der Waals surface area contributed by atoms with E-state index in [-0.39, 0.29) is 11.8 Å². The fraction of sp³-hybridized carbons (Fsp3) is 0.571. The van der Waals surface area contributed by atoms with Crippen LogP contribution in [-0.2, 0) is 19.1 Å². The summed E-state index contributed by atoms with van der Waals surface area (Å²) in [5.41, 5.74) is 0.677. The van der Waals surface area contributed by atoms with Crippen LogP contribution in [0, 0.1) is 5.92 Å². The molecule has 2 unspecified atom stereocenters. The molecule has 1 aliphatic heterocycles. The first-order valence-corrected chi connectivity index (χ1v) is 10.4. The summed E-state index contributed by atoms with van der Waals surface area (Å²) in [6, 6.07) is 5.89. The summed E-state index contributed by atoms with van der Waals surface area (Å²) in [5, 5.41) is 3.12. The summed E-state index contributed by atoms with van der Waals surface area (Å²) in [6.45, 7) is 5.78. The van der Waals surface area contributed by atoms with Crippen molar-refractivity contribution in [1.82, 2.24) is 15.1 Å². The number of benzene rings is 1. The number of alkyl carbamates (subject to hydrolysis) is 1. The molecule has 1 fully saturated rings. The third-order valence-corrected chi connectivity index (χ3v) is 5.44. The number of carbonyl (C=O) groups excluding carboxylic acids is 3. The number of ether oxygens (including phenoxy) is 2. The van der Waals surface area contributed by atoms with E-state index in [1.807, 2.05) is 24.8 Å². The van der Waals surface area contributed by atoms with Gasteiger partial charge in [-0.25, -0.2) is 9.59 Å². The molecule has 1 heterocycles. The minimum Gasteiger partial charge on any atom is -0.468 e. The van der Waals surface area contributed by atoms with Gasteiger partial charge in [0.05, 0.1) is 14.2 Å². The number of hydrogen-bond acceptors (Lipinski definition) is 6. The van der Waals surface area contributed by atoms with Gasteiger partial charge in [0.2, 0.25) is 5.91 Å². The Morgan fingerprint density at radius 2 is 1.70 bits per heavy atom. The highest BCUT2D eigenvalue weighted by molar-refractivity contribution is 6.31. The average molecular weight is 440 g/mol. The molecule has 0 bridgehead atoms. The lowest BCUT2D eigenvalue weighted by atomic mass is 10.0. The van der Waals surface area contributed by atoms with E-state index in [4.69, 9.17) is 16.3 Å². The van der Waals surface area contributed by atoms with Gasteiger partial charge in [0, 0.05) is 31.2 Å². The number of methoxy groups -OCH3 is 2. The smallest absolute Gasteiger partial charge is 0.407 e. The Balaban J connectivity index is 2.10. The molecule has 166 valence electrons. The zero-order valence-electron chi connectivity index (χ0n) is 17.9. The second-order valence-corrected chi connectivity index (χ2v) is 8.03. The minimum absolute atomic E-state index is 0.152. The Morgan fingerprint density at radius 3 is 2.23 bits per heavy atom. The fourth-order valence-electron chi connectivity index (χ4n) is 3.60. The molecule has 2 amide bonds. The number of esters is 1. The van der Waals surface area contributed by atoms with E-state index in [9.17, 15) is 14.4 Å². The Labute approximate surface area is 182 Å². The maximum Gasteiger partial charge on any atom is 0.407 e. The number of amides is 2. The van der Waals surface area contributed by atoms with Crippen molar-refractivity contribution >= 4 is 29.6 Å². The maximum absolute atomic E-state index is 13.0. The summed E-state index contributed by atoms with van der Waals surface area (Å²) in [4.78, 5) is 40.8. The standard InChI is InChI=1S/C21H30ClN3O5/c1-14(2)13-17(23-21(28)30-4)19(26)25-11-9-24(10-12-25)18(20(27)29-3)15-7-5-6-8-16(15)22/h5-8,14,17-18H,9-13H2,1-4H3,(H,23,28). The van der Waals surface area contributed by atoms with Crippen LogP contribution in [0.1, 0.15) is 31.9 Å². The maximum atomic E-state index is 13.0. The first kappa shape index (κ1) is 24.0. The average Bonchev–Trinajstić information content (AvgIpc) is 2.74. The molecular formula is C21H30ClN3O5. The molecule has 9 heteroatoms. The Morgan fingerprint density at radius 1 is 1.07 bits per heavy atom. The molecule has 0 aliphatic carbocycles. The van der Waals surface area contributed by atoms with Crippen LogP contribution in [0.2, 0.25) is 5.02 Å². The molecule has 1 aliphatic rings. The Bertz CT molecular complexity index is 750. The third-order valence-electron chi connectivity index (χ3n) is 5.10. The molecule has 1 saturated heterocycles. The molecule has 2 atom stereocenters. The molecule has 0 radical (unpaired) electrons. The molecule has 1 N–H and O–H groups in total. The monoisotopic (exact) mass is 439 g/mol. The molecular weight excluding hydrogens is 410 g/mol. The topological polar surface area (TPSA) is 88.2 Å². The second-order valence-electron chi connectivity index (χ2n) is 7.63. The molecule has 1 aromatic rings. The number of rotatable bonds is 7. The van der Waals surface area contributed by atoms with Gasteiger partial charge in [-0.05, 0) is 24.0 Å². The zero-order valence-corrected chi connectivity index (χ0v) is 18.6. The molecule has 0 aromatic heterocycles. The van der Waals surface area contributed by atoms with Crippen LogP contribution in [0.5, 0.6) is 0 Å². The minimum atomic E-state index is -0.649. The van der Waals surface area contributed by atoms with Gasteiger partial charge in [0.15, 0.2) is 0 Å². The number of halogens is 1.